The molecule has 76 valence electrons. The predicted octanol–water partition coefficient (Wildman–Crippen LogP) is 0.0523. The fourth-order valence-electron chi connectivity index (χ4n) is 1.02. The Hall–Kier alpha value is -0.900. The highest BCUT2D eigenvalue weighted by molar-refractivity contribution is 5.85. The van der Waals surface area contributed by atoms with E-state index in [1.54, 1.807) is 13.8 Å². The first-order valence-electron chi connectivity index (χ1n) is 4.38. The van der Waals surface area contributed by atoms with Crippen LogP contribution >= 0.6 is 0 Å². The Morgan fingerprint density at radius 3 is 2.23 bits per heavy atom. The lowest BCUT2D eigenvalue weighted by Gasteiger charge is -2.22. The summed E-state index contributed by atoms with van der Waals surface area (Å²) < 4.78 is 0. The van der Waals surface area contributed by atoms with Crippen molar-refractivity contribution in [1.82, 2.24) is 4.90 Å². The summed E-state index contributed by atoms with van der Waals surface area (Å²) in [6, 6.07) is 0. The van der Waals surface area contributed by atoms with Gasteiger partial charge in [-0.1, -0.05) is 13.8 Å². The molecule has 0 fully saturated rings. The SMILES string of the molecule is CC(=O)CN(CCO)C(=O)C(C)C. The van der Waals surface area contributed by atoms with Crippen LogP contribution in [0.1, 0.15) is 20.8 Å². The maximum absolute atomic E-state index is 11.4. The molecule has 4 heteroatoms. The standard InChI is InChI=1S/C9H17NO3/c1-7(2)9(13)10(4-5-11)6-8(3)12/h7,11H,4-6H2,1-3H3. The molecule has 0 bridgehead atoms. The van der Waals surface area contributed by atoms with Crippen molar-refractivity contribution in [3.05, 3.63) is 0 Å². The highest BCUT2D eigenvalue weighted by atomic mass is 16.3. The highest BCUT2D eigenvalue weighted by Gasteiger charge is 2.17. The van der Waals surface area contributed by atoms with Gasteiger partial charge >= 0.3 is 0 Å². The summed E-state index contributed by atoms with van der Waals surface area (Å²) in [5.41, 5.74) is 0. The molecule has 0 heterocycles. The number of nitrogens with zero attached hydrogens (tertiary/aromatic N) is 1. The summed E-state index contributed by atoms with van der Waals surface area (Å²) >= 11 is 0. The van der Waals surface area contributed by atoms with Gasteiger partial charge in [0.25, 0.3) is 0 Å². The summed E-state index contributed by atoms with van der Waals surface area (Å²) in [5.74, 6) is -0.294. The van der Waals surface area contributed by atoms with Crippen LogP contribution in [0.2, 0.25) is 0 Å². The summed E-state index contributed by atoms with van der Waals surface area (Å²) in [4.78, 5) is 23.6. The van der Waals surface area contributed by atoms with Crippen LogP contribution in [0.3, 0.4) is 0 Å². The average Bonchev–Trinajstić information content (AvgIpc) is 2.01. The zero-order valence-corrected chi connectivity index (χ0v) is 8.41. The van der Waals surface area contributed by atoms with Gasteiger partial charge in [0, 0.05) is 12.5 Å². The van der Waals surface area contributed by atoms with Crippen molar-refractivity contribution in [2.45, 2.75) is 20.8 Å². The number of hydrogen-bond donors (Lipinski definition) is 1. The van der Waals surface area contributed by atoms with E-state index in [-0.39, 0.29) is 37.3 Å². The number of aliphatic hydroxyl groups excluding tert-OH is 1. The van der Waals surface area contributed by atoms with Gasteiger partial charge in [-0.3, -0.25) is 9.59 Å². The van der Waals surface area contributed by atoms with Crippen LogP contribution in [-0.2, 0) is 9.59 Å². The van der Waals surface area contributed by atoms with Crippen LogP contribution in [0.25, 0.3) is 0 Å². The Bertz CT molecular complexity index is 189. The molecule has 0 aliphatic heterocycles. The van der Waals surface area contributed by atoms with Gasteiger partial charge in [0.15, 0.2) is 0 Å². The number of Topliss-reactive ketones (excluding diaryl/α,β-unsaturated/α-hetero) is 1. The Morgan fingerprint density at radius 2 is 1.92 bits per heavy atom. The molecule has 0 aromatic heterocycles. The molecule has 1 amide bonds. The number of aliphatic hydroxyl groups is 1. The van der Waals surface area contributed by atoms with E-state index >= 15 is 0 Å². The second kappa shape index (κ2) is 5.70. The third-order valence-corrected chi connectivity index (χ3v) is 1.59. The maximum atomic E-state index is 11.4. The maximum Gasteiger partial charge on any atom is 0.225 e. The lowest BCUT2D eigenvalue weighted by molar-refractivity contribution is -0.138. The molecule has 0 rings (SSSR count). The minimum atomic E-state index is -0.133. The molecule has 0 saturated heterocycles. The van der Waals surface area contributed by atoms with Crippen molar-refractivity contribution in [2.75, 3.05) is 19.7 Å². The highest BCUT2D eigenvalue weighted by Crippen LogP contribution is 2.00. The molecule has 0 aliphatic rings. The normalized spacial score (nSPS) is 10.2. The quantitative estimate of drug-likeness (QED) is 0.661. The molecule has 0 saturated carbocycles. The predicted molar refractivity (Wildman–Crippen MR) is 49.2 cm³/mol. The minimum Gasteiger partial charge on any atom is -0.395 e. The van der Waals surface area contributed by atoms with Gasteiger partial charge in [-0.25, -0.2) is 0 Å². The Labute approximate surface area is 78.5 Å². The minimum absolute atomic E-state index is 0.0672. The van der Waals surface area contributed by atoms with Crippen LogP contribution in [-0.4, -0.2) is 41.4 Å². The van der Waals surface area contributed by atoms with E-state index in [4.69, 9.17) is 5.11 Å². The van der Waals surface area contributed by atoms with Crippen molar-refractivity contribution in [3.63, 3.8) is 0 Å². The molecule has 0 unspecified atom stereocenters. The third-order valence-electron chi connectivity index (χ3n) is 1.59. The summed E-state index contributed by atoms with van der Waals surface area (Å²) in [5, 5.41) is 8.68. The summed E-state index contributed by atoms with van der Waals surface area (Å²) in [7, 11) is 0. The summed E-state index contributed by atoms with van der Waals surface area (Å²) in [6.07, 6.45) is 0. The van der Waals surface area contributed by atoms with E-state index in [1.165, 1.54) is 11.8 Å². The second-order valence-corrected chi connectivity index (χ2v) is 3.34. The molecule has 0 aromatic carbocycles. The van der Waals surface area contributed by atoms with E-state index in [1.807, 2.05) is 0 Å². The number of amides is 1. The molecule has 0 atom stereocenters. The van der Waals surface area contributed by atoms with Crippen molar-refractivity contribution in [2.24, 2.45) is 5.92 Å². The van der Waals surface area contributed by atoms with Gasteiger partial charge in [0.1, 0.15) is 5.78 Å². The fourth-order valence-corrected chi connectivity index (χ4v) is 1.02. The van der Waals surface area contributed by atoms with Crippen LogP contribution < -0.4 is 0 Å². The number of carbonyl (C=O) groups is 2. The van der Waals surface area contributed by atoms with Crippen molar-refractivity contribution in [3.8, 4) is 0 Å². The molecule has 0 spiro atoms. The average molecular weight is 187 g/mol. The molecule has 1 N–H and O–H groups in total. The fraction of sp³-hybridized carbons (Fsp3) is 0.778. The van der Waals surface area contributed by atoms with E-state index in [0.717, 1.165) is 0 Å². The van der Waals surface area contributed by atoms with Crippen LogP contribution in [0.15, 0.2) is 0 Å². The van der Waals surface area contributed by atoms with E-state index in [9.17, 15) is 9.59 Å². The molecule has 0 aliphatic carbocycles. The lowest BCUT2D eigenvalue weighted by Crippen LogP contribution is -2.39. The van der Waals surface area contributed by atoms with E-state index in [0.29, 0.717) is 0 Å². The van der Waals surface area contributed by atoms with Gasteiger partial charge in [-0.05, 0) is 6.92 Å². The second-order valence-electron chi connectivity index (χ2n) is 3.34. The van der Waals surface area contributed by atoms with Crippen molar-refractivity contribution in [1.29, 1.82) is 0 Å². The van der Waals surface area contributed by atoms with Gasteiger partial charge < -0.3 is 10.0 Å². The topological polar surface area (TPSA) is 57.6 Å². The smallest absolute Gasteiger partial charge is 0.225 e. The third kappa shape index (κ3) is 4.62. The first-order valence-corrected chi connectivity index (χ1v) is 4.38. The number of carbonyl (C=O) groups excluding carboxylic acids is 2. The number of ketones is 1. The molecule has 13 heavy (non-hydrogen) atoms. The first kappa shape index (κ1) is 12.1. The Morgan fingerprint density at radius 1 is 1.38 bits per heavy atom. The molecular formula is C9H17NO3. The molecule has 4 nitrogen and oxygen atoms in total. The van der Waals surface area contributed by atoms with Crippen molar-refractivity contribution >= 4 is 11.7 Å². The zero-order valence-electron chi connectivity index (χ0n) is 8.41. The van der Waals surface area contributed by atoms with Crippen molar-refractivity contribution < 1.29 is 14.7 Å². The molecule has 0 aromatic rings. The van der Waals surface area contributed by atoms with Gasteiger partial charge in [0.05, 0.1) is 13.2 Å². The molecular weight excluding hydrogens is 170 g/mol. The Kier molecular flexibility index (Phi) is 5.30. The Balaban J connectivity index is 4.23. The first-order chi connectivity index (χ1) is 5.99. The van der Waals surface area contributed by atoms with Crippen LogP contribution in [0.4, 0.5) is 0 Å². The number of rotatable bonds is 5. The zero-order chi connectivity index (χ0) is 10.4. The monoisotopic (exact) mass is 187 g/mol. The van der Waals surface area contributed by atoms with Gasteiger partial charge in [-0.15, -0.1) is 0 Å². The molecule has 0 radical (unpaired) electrons. The van der Waals surface area contributed by atoms with Gasteiger partial charge in [-0.2, -0.15) is 0 Å². The largest absolute Gasteiger partial charge is 0.395 e. The van der Waals surface area contributed by atoms with Gasteiger partial charge in [0.2, 0.25) is 5.91 Å². The van der Waals surface area contributed by atoms with Crippen LogP contribution in [0.5, 0.6) is 0 Å². The van der Waals surface area contributed by atoms with E-state index < -0.39 is 0 Å². The summed E-state index contributed by atoms with van der Waals surface area (Å²) in [6.45, 7) is 5.19. The van der Waals surface area contributed by atoms with E-state index in [2.05, 4.69) is 0 Å². The lowest BCUT2D eigenvalue weighted by atomic mass is 10.2. The number of hydrogen-bond acceptors (Lipinski definition) is 3. The van der Waals surface area contributed by atoms with Crippen LogP contribution in [0, 0.1) is 5.92 Å².